The molecule has 2 N–H and O–H groups in total. The van der Waals surface area contributed by atoms with Crippen LogP contribution in [-0.4, -0.2) is 45.8 Å². The van der Waals surface area contributed by atoms with E-state index in [-0.39, 0.29) is 12.5 Å². The standard InChI is InChI=1S/C9H14N4O3S/c1-6-11-12-8(17-6)10-9(16)13(2)5-3-4-7(14)15/h3-5H2,1-2H3,(H,14,15)(H,10,12,16). The molecule has 0 atom stereocenters. The number of nitrogens with one attached hydrogen (secondary N) is 1. The number of aryl methyl sites for hydroxylation is 1. The molecule has 0 aliphatic heterocycles. The van der Waals surface area contributed by atoms with Crippen LogP contribution < -0.4 is 5.32 Å². The Kier molecular flexibility index (Phi) is 4.83. The minimum atomic E-state index is -0.862. The minimum absolute atomic E-state index is 0.0511. The number of nitrogens with zero attached hydrogens (tertiary/aromatic N) is 3. The highest BCUT2D eigenvalue weighted by Gasteiger charge is 2.11. The van der Waals surface area contributed by atoms with Gasteiger partial charge in [0.15, 0.2) is 0 Å². The lowest BCUT2D eigenvalue weighted by atomic mass is 10.3. The molecule has 0 unspecified atom stereocenters. The van der Waals surface area contributed by atoms with Gasteiger partial charge in [-0.15, -0.1) is 10.2 Å². The molecule has 0 aromatic carbocycles. The number of hydrogen-bond donors (Lipinski definition) is 2. The molecule has 1 heterocycles. The van der Waals surface area contributed by atoms with Gasteiger partial charge < -0.3 is 10.0 Å². The lowest BCUT2D eigenvalue weighted by Gasteiger charge is -2.15. The monoisotopic (exact) mass is 258 g/mol. The smallest absolute Gasteiger partial charge is 0.323 e. The van der Waals surface area contributed by atoms with Gasteiger partial charge in [0, 0.05) is 20.0 Å². The third kappa shape index (κ3) is 4.77. The summed E-state index contributed by atoms with van der Waals surface area (Å²) < 4.78 is 0. The van der Waals surface area contributed by atoms with Crippen LogP contribution in [0, 0.1) is 6.92 Å². The van der Waals surface area contributed by atoms with Crippen molar-refractivity contribution in [2.24, 2.45) is 0 Å². The molecule has 94 valence electrons. The van der Waals surface area contributed by atoms with Gasteiger partial charge in [-0.1, -0.05) is 11.3 Å². The number of urea groups is 1. The zero-order valence-corrected chi connectivity index (χ0v) is 10.5. The molecule has 0 saturated heterocycles. The van der Waals surface area contributed by atoms with Crippen LogP contribution in [0.1, 0.15) is 17.8 Å². The minimum Gasteiger partial charge on any atom is -0.481 e. The second-order valence-corrected chi connectivity index (χ2v) is 4.66. The largest absolute Gasteiger partial charge is 0.481 e. The summed E-state index contributed by atoms with van der Waals surface area (Å²) in [6.45, 7) is 2.18. The third-order valence-corrected chi connectivity index (χ3v) is 2.72. The van der Waals surface area contributed by atoms with Crippen LogP contribution in [-0.2, 0) is 4.79 Å². The van der Waals surface area contributed by atoms with Crippen LogP contribution in [0.5, 0.6) is 0 Å². The summed E-state index contributed by atoms with van der Waals surface area (Å²) in [7, 11) is 1.60. The first-order valence-corrected chi connectivity index (χ1v) is 5.84. The maximum atomic E-state index is 11.6. The van der Waals surface area contributed by atoms with E-state index in [0.717, 1.165) is 5.01 Å². The number of aromatic nitrogens is 2. The number of rotatable bonds is 5. The number of hydrogen-bond acceptors (Lipinski definition) is 5. The van der Waals surface area contributed by atoms with Crippen molar-refractivity contribution in [3.63, 3.8) is 0 Å². The average molecular weight is 258 g/mol. The molecule has 1 aromatic heterocycles. The van der Waals surface area contributed by atoms with Crippen LogP contribution in [0.2, 0.25) is 0 Å². The first-order chi connectivity index (χ1) is 7.99. The van der Waals surface area contributed by atoms with E-state index in [1.54, 1.807) is 14.0 Å². The summed E-state index contributed by atoms with van der Waals surface area (Å²) in [4.78, 5) is 23.3. The molecule has 8 heteroatoms. The highest BCUT2D eigenvalue weighted by molar-refractivity contribution is 7.15. The molecule has 1 aromatic rings. The Morgan fingerprint density at radius 3 is 2.71 bits per heavy atom. The van der Waals surface area contributed by atoms with E-state index >= 15 is 0 Å². The maximum absolute atomic E-state index is 11.6. The number of carbonyl (C=O) groups is 2. The van der Waals surface area contributed by atoms with E-state index in [1.807, 2.05) is 0 Å². The van der Waals surface area contributed by atoms with Crippen LogP contribution in [0.4, 0.5) is 9.93 Å². The van der Waals surface area contributed by atoms with Gasteiger partial charge in [0.25, 0.3) is 0 Å². The first-order valence-electron chi connectivity index (χ1n) is 5.03. The fourth-order valence-corrected chi connectivity index (χ4v) is 1.68. The molecule has 7 nitrogen and oxygen atoms in total. The Morgan fingerprint density at radius 2 is 2.18 bits per heavy atom. The number of carbonyl (C=O) groups excluding carboxylic acids is 1. The summed E-state index contributed by atoms with van der Waals surface area (Å²) in [6.07, 6.45) is 0.476. The van der Waals surface area contributed by atoms with Crippen LogP contribution >= 0.6 is 11.3 Å². The van der Waals surface area contributed by atoms with E-state index in [2.05, 4.69) is 15.5 Å². The van der Waals surface area contributed by atoms with Gasteiger partial charge in [-0.2, -0.15) is 0 Å². The molecule has 0 saturated carbocycles. The van der Waals surface area contributed by atoms with Crippen LogP contribution in [0.25, 0.3) is 0 Å². The molecule has 1 rings (SSSR count). The molecule has 0 spiro atoms. The zero-order chi connectivity index (χ0) is 12.8. The molecule has 2 amide bonds. The zero-order valence-electron chi connectivity index (χ0n) is 9.63. The summed E-state index contributed by atoms with van der Waals surface area (Å²) in [5.74, 6) is -0.862. The summed E-state index contributed by atoms with van der Waals surface area (Å²) >= 11 is 1.29. The van der Waals surface area contributed by atoms with Crippen molar-refractivity contribution in [3.05, 3.63) is 5.01 Å². The molecule has 0 fully saturated rings. The topological polar surface area (TPSA) is 95.4 Å². The number of anilines is 1. The number of carboxylic acid groups (broad SMARTS) is 1. The second-order valence-electron chi connectivity index (χ2n) is 3.48. The van der Waals surface area contributed by atoms with Gasteiger partial charge >= 0.3 is 12.0 Å². The number of carboxylic acids is 1. The van der Waals surface area contributed by atoms with Crippen molar-refractivity contribution in [2.75, 3.05) is 18.9 Å². The van der Waals surface area contributed by atoms with Gasteiger partial charge in [0.1, 0.15) is 5.01 Å². The maximum Gasteiger partial charge on any atom is 0.323 e. The molecule has 0 radical (unpaired) electrons. The summed E-state index contributed by atoms with van der Waals surface area (Å²) in [6, 6.07) is -0.313. The lowest BCUT2D eigenvalue weighted by molar-refractivity contribution is -0.137. The van der Waals surface area contributed by atoms with Crippen molar-refractivity contribution in [1.29, 1.82) is 0 Å². The molecule has 0 bridgehead atoms. The Morgan fingerprint density at radius 1 is 1.47 bits per heavy atom. The molecular formula is C9H14N4O3S. The van der Waals surface area contributed by atoms with Crippen molar-refractivity contribution >= 4 is 28.5 Å². The molecule has 0 aliphatic rings. The van der Waals surface area contributed by atoms with Gasteiger partial charge in [-0.25, -0.2) is 4.79 Å². The van der Waals surface area contributed by atoms with E-state index in [1.165, 1.54) is 16.2 Å². The Hall–Kier alpha value is -1.70. The fourth-order valence-electron chi connectivity index (χ4n) is 1.10. The quantitative estimate of drug-likeness (QED) is 0.826. The molecule has 17 heavy (non-hydrogen) atoms. The Balaban J connectivity index is 2.34. The number of amides is 2. The summed E-state index contributed by atoms with van der Waals surface area (Å²) in [5.41, 5.74) is 0. The summed E-state index contributed by atoms with van der Waals surface area (Å²) in [5, 5.41) is 19.8. The number of aliphatic carboxylic acids is 1. The predicted molar refractivity (Wildman–Crippen MR) is 63.2 cm³/mol. The van der Waals surface area contributed by atoms with Gasteiger partial charge in [0.2, 0.25) is 5.13 Å². The van der Waals surface area contributed by atoms with E-state index in [0.29, 0.717) is 18.1 Å². The SMILES string of the molecule is Cc1nnc(NC(=O)N(C)CCCC(=O)O)s1. The van der Waals surface area contributed by atoms with Crippen LogP contribution in [0.15, 0.2) is 0 Å². The Labute approximate surface area is 102 Å². The Bertz CT molecular complexity index is 407. The lowest BCUT2D eigenvalue weighted by Crippen LogP contribution is -2.32. The molecular weight excluding hydrogens is 244 g/mol. The van der Waals surface area contributed by atoms with Crippen molar-refractivity contribution in [2.45, 2.75) is 19.8 Å². The van der Waals surface area contributed by atoms with E-state index in [9.17, 15) is 9.59 Å². The van der Waals surface area contributed by atoms with E-state index < -0.39 is 5.97 Å². The van der Waals surface area contributed by atoms with Gasteiger partial charge in [0.05, 0.1) is 0 Å². The third-order valence-electron chi connectivity index (χ3n) is 1.97. The highest BCUT2D eigenvalue weighted by Crippen LogP contribution is 2.13. The highest BCUT2D eigenvalue weighted by atomic mass is 32.1. The van der Waals surface area contributed by atoms with Crippen molar-refractivity contribution < 1.29 is 14.7 Å². The van der Waals surface area contributed by atoms with Gasteiger partial charge in [-0.05, 0) is 13.3 Å². The molecule has 0 aliphatic carbocycles. The van der Waals surface area contributed by atoms with Crippen molar-refractivity contribution in [3.8, 4) is 0 Å². The first kappa shape index (κ1) is 13.4. The van der Waals surface area contributed by atoms with Crippen LogP contribution in [0.3, 0.4) is 0 Å². The van der Waals surface area contributed by atoms with Crippen molar-refractivity contribution in [1.82, 2.24) is 15.1 Å². The fraction of sp³-hybridized carbons (Fsp3) is 0.556. The average Bonchev–Trinajstić information content (AvgIpc) is 2.63. The van der Waals surface area contributed by atoms with Gasteiger partial charge in [-0.3, -0.25) is 10.1 Å². The van der Waals surface area contributed by atoms with E-state index in [4.69, 9.17) is 5.11 Å². The normalized spacial score (nSPS) is 10.0. The second kappa shape index (κ2) is 6.14. The predicted octanol–water partition coefficient (Wildman–Crippen LogP) is 1.18.